The quantitative estimate of drug-likeness (QED) is 0.173. The number of benzene rings is 4. The van der Waals surface area contributed by atoms with E-state index in [1.165, 1.54) is 16.7 Å². The van der Waals surface area contributed by atoms with Crippen molar-refractivity contribution in [1.82, 2.24) is 9.97 Å². The van der Waals surface area contributed by atoms with Gasteiger partial charge in [0, 0.05) is 32.5 Å². The second kappa shape index (κ2) is 16.1. The summed E-state index contributed by atoms with van der Waals surface area (Å²) >= 11 is 0. The van der Waals surface area contributed by atoms with Crippen molar-refractivity contribution in [3.05, 3.63) is 169 Å². The van der Waals surface area contributed by atoms with Crippen LogP contribution in [0, 0.1) is 45.0 Å². The monoisotopic (exact) mass is 695 g/mol. The summed E-state index contributed by atoms with van der Waals surface area (Å²) in [7, 11) is 0. The van der Waals surface area contributed by atoms with Gasteiger partial charge in [-0.3, -0.25) is 0 Å². The summed E-state index contributed by atoms with van der Waals surface area (Å²) in [5.41, 5.74) is 9.93. The molecule has 0 saturated carbocycles. The first-order chi connectivity index (χ1) is 19.1. The van der Waals surface area contributed by atoms with Crippen molar-refractivity contribution in [2.75, 3.05) is 0 Å². The van der Waals surface area contributed by atoms with Crippen molar-refractivity contribution in [3.8, 4) is 33.6 Å². The molecule has 0 aliphatic rings. The molecule has 2 nitrogen and oxygen atoms in total. The predicted octanol–water partition coefficient (Wildman–Crippen LogP) is 8.97. The van der Waals surface area contributed by atoms with E-state index in [1.807, 2.05) is 91.0 Å². The van der Waals surface area contributed by atoms with E-state index in [0.717, 1.165) is 33.6 Å². The van der Waals surface area contributed by atoms with E-state index in [0.29, 0.717) is 0 Å². The Bertz CT molecular complexity index is 1320. The van der Waals surface area contributed by atoms with Crippen LogP contribution in [0.4, 0.5) is 0 Å². The summed E-state index contributed by atoms with van der Waals surface area (Å²) in [6, 6.07) is 50.8. The standard InChI is InChI=1S/C13H10.2C12H10N.Ir/c1-11-7-9-13(10-8-11)12-5-3-2-4-6-12;2*1-10-5-7-11(8-6-10)12-4-2-3-9-13-12;/h2-5,7-9H,1H3;2*2-7,9H,1H3;/q-2;2*-1;. The van der Waals surface area contributed by atoms with Gasteiger partial charge >= 0.3 is 0 Å². The smallest absolute Gasteiger partial charge is 0.0160 e. The zero-order valence-corrected chi connectivity index (χ0v) is 25.2. The molecule has 0 N–H and O–H groups in total. The number of aryl methyl sites for hydroxylation is 3. The normalized spacial score (nSPS) is 9.68. The SMILES string of the molecule is Cc1c[c-]c(-c2[c-]cccc2)cc1.Cc1c[c-]c(-c2ccccn2)cc1.Cc1c[c-]c(-c2ccccn2)cc1.[Ir]. The third-order valence-corrected chi connectivity index (χ3v) is 5.79. The molecular formula is C37H30IrN2-4. The van der Waals surface area contributed by atoms with Crippen LogP contribution in [-0.4, -0.2) is 9.97 Å². The first-order valence-corrected chi connectivity index (χ1v) is 12.8. The van der Waals surface area contributed by atoms with Crippen LogP contribution in [0.25, 0.3) is 33.6 Å². The second-order valence-electron chi connectivity index (χ2n) is 9.05. The molecule has 0 fully saturated rings. The molecule has 0 saturated heterocycles. The van der Waals surface area contributed by atoms with Gasteiger partial charge in [0.2, 0.25) is 0 Å². The van der Waals surface area contributed by atoms with Crippen LogP contribution < -0.4 is 0 Å². The van der Waals surface area contributed by atoms with E-state index >= 15 is 0 Å². The molecule has 0 atom stereocenters. The van der Waals surface area contributed by atoms with Gasteiger partial charge in [0.1, 0.15) is 0 Å². The minimum absolute atomic E-state index is 0. The van der Waals surface area contributed by atoms with E-state index < -0.39 is 0 Å². The molecule has 6 rings (SSSR count). The molecule has 0 spiro atoms. The minimum atomic E-state index is 0. The number of hydrogen-bond acceptors (Lipinski definition) is 2. The van der Waals surface area contributed by atoms with Gasteiger partial charge in [-0.1, -0.05) is 45.0 Å². The predicted molar refractivity (Wildman–Crippen MR) is 161 cm³/mol. The van der Waals surface area contributed by atoms with Crippen LogP contribution in [-0.2, 0) is 20.1 Å². The second-order valence-corrected chi connectivity index (χ2v) is 9.05. The Kier molecular flexibility index (Phi) is 12.2. The van der Waals surface area contributed by atoms with E-state index in [4.69, 9.17) is 0 Å². The van der Waals surface area contributed by atoms with Crippen LogP contribution in [0.1, 0.15) is 16.7 Å². The van der Waals surface area contributed by atoms with Gasteiger partial charge in [-0.25, -0.2) is 11.1 Å². The molecule has 40 heavy (non-hydrogen) atoms. The maximum atomic E-state index is 4.25. The Morgan fingerprint density at radius 1 is 0.425 bits per heavy atom. The first kappa shape index (κ1) is 30.4. The first-order valence-electron chi connectivity index (χ1n) is 12.8. The third kappa shape index (κ3) is 9.54. The molecule has 2 heterocycles. The van der Waals surface area contributed by atoms with Crippen LogP contribution in [0.5, 0.6) is 0 Å². The summed E-state index contributed by atoms with van der Waals surface area (Å²) in [5.74, 6) is 0. The molecule has 0 bridgehead atoms. The summed E-state index contributed by atoms with van der Waals surface area (Å²) < 4.78 is 0. The van der Waals surface area contributed by atoms with Crippen LogP contribution in [0.2, 0.25) is 0 Å². The molecule has 0 amide bonds. The van der Waals surface area contributed by atoms with Crippen molar-refractivity contribution in [2.45, 2.75) is 20.8 Å². The van der Waals surface area contributed by atoms with Gasteiger partial charge in [-0.05, 0) is 23.5 Å². The molecule has 1 radical (unpaired) electrons. The Morgan fingerprint density at radius 3 is 1.20 bits per heavy atom. The fourth-order valence-electron chi connectivity index (χ4n) is 3.60. The topological polar surface area (TPSA) is 25.8 Å². The number of nitrogens with zero attached hydrogens (tertiary/aromatic N) is 2. The van der Waals surface area contributed by atoms with E-state index in [9.17, 15) is 0 Å². The molecule has 0 aliphatic carbocycles. The van der Waals surface area contributed by atoms with Gasteiger partial charge in [0.15, 0.2) is 0 Å². The van der Waals surface area contributed by atoms with Gasteiger partial charge in [-0.2, -0.15) is 48.5 Å². The summed E-state index contributed by atoms with van der Waals surface area (Å²) in [6.07, 6.45) is 3.59. The van der Waals surface area contributed by atoms with E-state index in [-0.39, 0.29) is 20.1 Å². The number of aromatic nitrogens is 2. The average Bonchev–Trinajstić information content (AvgIpc) is 3.00. The van der Waals surface area contributed by atoms with Crippen LogP contribution in [0.3, 0.4) is 0 Å². The molecule has 0 unspecified atom stereocenters. The van der Waals surface area contributed by atoms with Gasteiger partial charge < -0.3 is 9.97 Å². The van der Waals surface area contributed by atoms with E-state index in [1.54, 1.807) is 12.4 Å². The van der Waals surface area contributed by atoms with Gasteiger partial charge in [0.25, 0.3) is 0 Å². The zero-order chi connectivity index (χ0) is 27.3. The van der Waals surface area contributed by atoms with Crippen molar-refractivity contribution in [3.63, 3.8) is 0 Å². The largest absolute Gasteiger partial charge is 0.305 e. The number of hydrogen-bond donors (Lipinski definition) is 0. The van der Waals surface area contributed by atoms with Crippen molar-refractivity contribution in [2.24, 2.45) is 0 Å². The average molecular weight is 695 g/mol. The molecule has 4 aromatic carbocycles. The Morgan fingerprint density at radius 2 is 0.850 bits per heavy atom. The molecule has 6 aromatic rings. The van der Waals surface area contributed by atoms with Crippen molar-refractivity contribution in [1.29, 1.82) is 0 Å². The molecule has 201 valence electrons. The zero-order valence-electron chi connectivity index (χ0n) is 22.9. The summed E-state index contributed by atoms with van der Waals surface area (Å²) in [4.78, 5) is 8.49. The van der Waals surface area contributed by atoms with Gasteiger partial charge in [-0.15, -0.1) is 82.4 Å². The van der Waals surface area contributed by atoms with E-state index in [2.05, 4.69) is 79.3 Å². The molecule has 0 aliphatic heterocycles. The molecule has 3 heteroatoms. The maximum Gasteiger partial charge on any atom is 0.0160 e. The van der Waals surface area contributed by atoms with Gasteiger partial charge in [0.05, 0.1) is 0 Å². The summed E-state index contributed by atoms with van der Waals surface area (Å²) in [5, 5.41) is 0. The van der Waals surface area contributed by atoms with Crippen LogP contribution >= 0.6 is 0 Å². The third-order valence-electron chi connectivity index (χ3n) is 5.79. The fraction of sp³-hybridized carbons (Fsp3) is 0.0811. The maximum absolute atomic E-state index is 4.25. The Balaban J connectivity index is 0.000000163. The van der Waals surface area contributed by atoms with Crippen molar-refractivity contribution < 1.29 is 20.1 Å². The minimum Gasteiger partial charge on any atom is -0.305 e. The number of pyridine rings is 2. The Labute approximate surface area is 252 Å². The van der Waals surface area contributed by atoms with Crippen LogP contribution in [0.15, 0.2) is 128 Å². The molecular weight excluding hydrogens is 665 g/mol. The Hall–Kier alpha value is -4.17. The summed E-state index contributed by atoms with van der Waals surface area (Å²) in [6.45, 7) is 6.17. The van der Waals surface area contributed by atoms with Crippen molar-refractivity contribution >= 4 is 0 Å². The number of rotatable bonds is 3. The fourth-order valence-corrected chi connectivity index (χ4v) is 3.60. The molecule has 2 aromatic heterocycles.